The molecule has 90 valence electrons. The lowest BCUT2D eigenvalue weighted by Gasteiger charge is -2.05. The monoisotopic (exact) mass is 271 g/mol. The molecule has 1 heterocycles. The maximum atomic E-state index is 12.9. The summed E-state index contributed by atoms with van der Waals surface area (Å²) >= 11 is 1.49. The Kier molecular flexibility index (Phi) is 3.56. The molecular weight excluding hydrogens is 261 g/mol. The van der Waals surface area contributed by atoms with Crippen LogP contribution in [0.15, 0.2) is 46.0 Å². The van der Waals surface area contributed by atoms with Gasteiger partial charge in [-0.05, 0) is 40.6 Å². The lowest BCUT2D eigenvalue weighted by Crippen LogP contribution is -2.23. The fraction of sp³-hybridized carbons (Fsp3) is 0.0909. The van der Waals surface area contributed by atoms with Gasteiger partial charge in [-0.1, -0.05) is 6.07 Å². The number of benzene rings is 1. The van der Waals surface area contributed by atoms with Crippen molar-refractivity contribution in [1.82, 2.24) is 4.72 Å². The van der Waals surface area contributed by atoms with Crippen LogP contribution < -0.4 is 4.72 Å². The third kappa shape index (κ3) is 3.12. The summed E-state index contributed by atoms with van der Waals surface area (Å²) in [5, 5.41) is 3.72. The number of nitrogens with one attached hydrogen (secondary N) is 1. The average molecular weight is 271 g/mol. The highest BCUT2D eigenvalue weighted by Crippen LogP contribution is 2.12. The Balaban J connectivity index is 2.14. The van der Waals surface area contributed by atoms with Gasteiger partial charge in [0, 0.05) is 6.54 Å². The third-order valence-electron chi connectivity index (χ3n) is 2.15. The van der Waals surface area contributed by atoms with Crippen molar-refractivity contribution in [2.24, 2.45) is 0 Å². The minimum absolute atomic E-state index is 0.0623. The minimum Gasteiger partial charge on any atom is -0.207 e. The molecule has 0 unspecified atom stereocenters. The maximum absolute atomic E-state index is 12.9. The lowest BCUT2D eigenvalue weighted by atomic mass is 10.3. The van der Waals surface area contributed by atoms with Crippen LogP contribution in [0.3, 0.4) is 0 Å². The van der Waals surface area contributed by atoms with Crippen LogP contribution in [0.5, 0.6) is 0 Å². The molecule has 0 fully saturated rings. The van der Waals surface area contributed by atoms with E-state index >= 15 is 0 Å². The van der Waals surface area contributed by atoms with Gasteiger partial charge in [0.25, 0.3) is 0 Å². The van der Waals surface area contributed by atoms with Crippen molar-refractivity contribution in [3.8, 4) is 0 Å². The highest BCUT2D eigenvalue weighted by molar-refractivity contribution is 7.89. The summed E-state index contributed by atoms with van der Waals surface area (Å²) in [6.45, 7) is 0.211. The number of hydrogen-bond donors (Lipinski definition) is 1. The molecule has 0 spiro atoms. The van der Waals surface area contributed by atoms with Crippen molar-refractivity contribution in [2.75, 3.05) is 0 Å². The minimum atomic E-state index is -3.64. The van der Waals surface area contributed by atoms with E-state index in [1.807, 2.05) is 16.8 Å². The second kappa shape index (κ2) is 4.95. The van der Waals surface area contributed by atoms with Crippen molar-refractivity contribution >= 4 is 21.4 Å². The first-order chi connectivity index (χ1) is 8.08. The molecule has 0 aliphatic carbocycles. The van der Waals surface area contributed by atoms with Gasteiger partial charge in [-0.2, -0.15) is 11.3 Å². The normalized spacial score (nSPS) is 11.6. The molecule has 3 nitrogen and oxygen atoms in total. The number of thiophene rings is 1. The van der Waals surface area contributed by atoms with Crippen LogP contribution in [0.1, 0.15) is 5.56 Å². The maximum Gasteiger partial charge on any atom is 0.240 e. The summed E-state index contributed by atoms with van der Waals surface area (Å²) in [6, 6.07) is 6.76. The predicted molar refractivity (Wildman–Crippen MR) is 64.7 cm³/mol. The zero-order chi connectivity index (χ0) is 12.3. The molecule has 2 aromatic rings. The molecule has 1 aromatic carbocycles. The van der Waals surface area contributed by atoms with Crippen molar-refractivity contribution in [3.05, 3.63) is 52.5 Å². The molecule has 17 heavy (non-hydrogen) atoms. The van der Waals surface area contributed by atoms with Gasteiger partial charge in [0.2, 0.25) is 10.0 Å². The van der Waals surface area contributed by atoms with Gasteiger partial charge >= 0.3 is 0 Å². The third-order valence-corrected chi connectivity index (χ3v) is 4.28. The van der Waals surface area contributed by atoms with E-state index in [0.29, 0.717) is 0 Å². The predicted octanol–water partition coefficient (Wildman–Crippen LogP) is 2.37. The highest BCUT2D eigenvalue weighted by Gasteiger charge is 2.14. The lowest BCUT2D eigenvalue weighted by molar-refractivity contribution is 0.577. The summed E-state index contributed by atoms with van der Waals surface area (Å²) in [7, 11) is -3.64. The second-order valence-corrected chi connectivity index (χ2v) is 5.96. The number of rotatable bonds is 4. The molecule has 2 rings (SSSR count). The van der Waals surface area contributed by atoms with Crippen LogP contribution in [0.25, 0.3) is 0 Å². The van der Waals surface area contributed by atoms with Crippen molar-refractivity contribution in [3.63, 3.8) is 0 Å². The number of sulfonamides is 1. The molecular formula is C11H10FNO2S2. The van der Waals surface area contributed by atoms with E-state index in [1.54, 1.807) is 0 Å². The first-order valence-electron chi connectivity index (χ1n) is 4.84. The molecule has 0 atom stereocenters. The Hall–Kier alpha value is -1.24. The first-order valence-corrected chi connectivity index (χ1v) is 7.27. The molecule has 0 saturated carbocycles. The van der Waals surface area contributed by atoms with Crippen LogP contribution >= 0.6 is 11.3 Å². The van der Waals surface area contributed by atoms with E-state index in [2.05, 4.69) is 4.72 Å². The summed E-state index contributed by atoms with van der Waals surface area (Å²) in [4.78, 5) is -0.0623. The molecule has 6 heteroatoms. The highest BCUT2D eigenvalue weighted by atomic mass is 32.2. The van der Waals surface area contributed by atoms with Gasteiger partial charge in [-0.25, -0.2) is 17.5 Å². The molecule has 0 saturated heterocycles. The van der Waals surface area contributed by atoms with E-state index in [-0.39, 0.29) is 11.4 Å². The topological polar surface area (TPSA) is 46.2 Å². The summed E-state index contributed by atoms with van der Waals surface area (Å²) in [6.07, 6.45) is 0. The molecule has 0 bridgehead atoms. The zero-order valence-corrected chi connectivity index (χ0v) is 10.4. The molecule has 0 aliphatic rings. The average Bonchev–Trinajstić information content (AvgIpc) is 2.79. The van der Waals surface area contributed by atoms with Gasteiger partial charge in [0.05, 0.1) is 4.90 Å². The van der Waals surface area contributed by atoms with Gasteiger partial charge in [-0.15, -0.1) is 0 Å². The van der Waals surface area contributed by atoms with E-state index in [0.717, 1.165) is 11.6 Å². The largest absolute Gasteiger partial charge is 0.240 e. The van der Waals surface area contributed by atoms with Crippen molar-refractivity contribution < 1.29 is 12.8 Å². The van der Waals surface area contributed by atoms with E-state index in [1.165, 1.54) is 29.5 Å². The number of halogens is 1. The molecule has 0 amide bonds. The van der Waals surface area contributed by atoms with E-state index < -0.39 is 15.8 Å². The molecule has 0 radical (unpaired) electrons. The van der Waals surface area contributed by atoms with Crippen LogP contribution in [0, 0.1) is 5.82 Å². The second-order valence-electron chi connectivity index (χ2n) is 3.41. The Bertz CT molecular complexity index is 594. The van der Waals surface area contributed by atoms with Crippen molar-refractivity contribution in [1.29, 1.82) is 0 Å². The fourth-order valence-corrected chi connectivity index (χ4v) is 3.01. The Morgan fingerprint density at radius 2 is 2.12 bits per heavy atom. The molecule has 1 aromatic heterocycles. The van der Waals surface area contributed by atoms with Crippen LogP contribution in [-0.2, 0) is 16.6 Å². The molecule has 1 N–H and O–H groups in total. The van der Waals surface area contributed by atoms with Crippen LogP contribution in [0.4, 0.5) is 4.39 Å². The van der Waals surface area contributed by atoms with Crippen LogP contribution in [0.2, 0.25) is 0 Å². The smallest absolute Gasteiger partial charge is 0.207 e. The summed E-state index contributed by atoms with van der Waals surface area (Å²) < 4.78 is 38.9. The van der Waals surface area contributed by atoms with E-state index in [9.17, 15) is 12.8 Å². The van der Waals surface area contributed by atoms with Crippen molar-refractivity contribution in [2.45, 2.75) is 11.4 Å². The van der Waals surface area contributed by atoms with Gasteiger partial charge < -0.3 is 0 Å². The Morgan fingerprint density at radius 3 is 2.76 bits per heavy atom. The quantitative estimate of drug-likeness (QED) is 0.928. The fourth-order valence-electron chi connectivity index (χ4n) is 1.29. The van der Waals surface area contributed by atoms with Gasteiger partial charge in [0.1, 0.15) is 5.82 Å². The molecule has 0 aliphatic heterocycles. The van der Waals surface area contributed by atoms with E-state index in [4.69, 9.17) is 0 Å². The van der Waals surface area contributed by atoms with Gasteiger partial charge in [0.15, 0.2) is 0 Å². The zero-order valence-electron chi connectivity index (χ0n) is 8.76. The van der Waals surface area contributed by atoms with Gasteiger partial charge in [-0.3, -0.25) is 0 Å². The number of hydrogen-bond acceptors (Lipinski definition) is 3. The van der Waals surface area contributed by atoms with Crippen LogP contribution in [-0.4, -0.2) is 8.42 Å². The standard InChI is InChI=1S/C11H10FNO2S2/c12-10-2-1-3-11(6-10)17(14,15)13-7-9-4-5-16-8-9/h1-6,8,13H,7H2. The first kappa shape index (κ1) is 12.2. The summed E-state index contributed by atoms with van der Waals surface area (Å²) in [5.41, 5.74) is 0.884. The summed E-state index contributed by atoms with van der Waals surface area (Å²) in [5.74, 6) is -0.566. The SMILES string of the molecule is O=S(=O)(NCc1ccsc1)c1cccc(F)c1. The Morgan fingerprint density at radius 1 is 1.29 bits per heavy atom. The Labute approximate surface area is 103 Å².